The van der Waals surface area contributed by atoms with Crippen molar-refractivity contribution in [1.82, 2.24) is 5.32 Å². The van der Waals surface area contributed by atoms with Gasteiger partial charge in [0.1, 0.15) is 0 Å². The van der Waals surface area contributed by atoms with Crippen molar-refractivity contribution in [3.05, 3.63) is 0 Å². The van der Waals surface area contributed by atoms with Crippen LogP contribution < -0.4 is 5.32 Å². The van der Waals surface area contributed by atoms with Crippen molar-refractivity contribution in [2.45, 2.75) is 68.9 Å². The van der Waals surface area contributed by atoms with Crippen LogP contribution >= 0.6 is 11.8 Å². The summed E-state index contributed by atoms with van der Waals surface area (Å²) in [5, 5.41) is 11.5. The predicted octanol–water partition coefficient (Wildman–Crippen LogP) is 2.42. The molecular formula is C13H23NO3S. The van der Waals surface area contributed by atoms with Crippen molar-refractivity contribution >= 4 is 23.6 Å². The summed E-state index contributed by atoms with van der Waals surface area (Å²) in [6, 6.07) is 0.323. The Morgan fingerprint density at radius 3 is 2.44 bits per heavy atom. The largest absolute Gasteiger partial charge is 0.481 e. The number of aliphatic carboxylic acids is 1. The predicted molar refractivity (Wildman–Crippen MR) is 73.8 cm³/mol. The summed E-state index contributed by atoms with van der Waals surface area (Å²) in [6.45, 7) is 3.70. The van der Waals surface area contributed by atoms with E-state index < -0.39 is 5.97 Å². The van der Waals surface area contributed by atoms with Crippen LogP contribution in [0.15, 0.2) is 0 Å². The Morgan fingerprint density at radius 2 is 1.89 bits per heavy atom. The van der Waals surface area contributed by atoms with Crippen LogP contribution in [0, 0.1) is 0 Å². The lowest BCUT2D eigenvalue weighted by atomic mass is 9.95. The van der Waals surface area contributed by atoms with Gasteiger partial charge < -0.3 is 10.4 Å². The first-order valence-electron chi connectivity index (χ1n) is 6.66. The highest BCUT2D eigenvalue weighted by atomic mass is 32.2. The molecule has 2 atom stereocenters. The normalized spacial score (nSPS) is 20.1. The maximum atomic E-state index is 12.0. The number of amides is 1. The van der Waals surface area contributed by atoms with Crippen LogP contribution in [0.4, 0.5) is 0 Å². The van der Waals surface area contributed by atoms with Gasteiger partial charge in [-0.05, 0) is 19.8 Å². The Kier molecular flexibility index (Phi) is 6.54. The fraction of sp³-hybridized carbons (Fsp3) is 0.846. The molecule has 1 aliphatic carbocycles. The van der Waals surface area contributed by atoms with Gasteiger partial charge in [-0.2, -0.15) is 0 Å². The summed E-state index contributed by atoms with van der Waals surface area (Å²) in [5.41, 5.74) is 0. The molecule has 0 aromatic carbocycles. The lowest BCUT2D eigenvalue weighted by molar-refractivity contribution is -0.137. The minimum absolute atomic E-state index is 0.0328. The van der Waals surface area contributed by atoms with Crippen molar-refractivity contribution in [3.63, 3.8) is 0 Å². The minimum Gasteiger partial charge on any atom is -0.481 e. The van der Waals surface area contributed by atoms with E-state index in [-0.39, 0.29) is 22.8 Å². The van der Waals surface area contributed by atoms with E-state index in [1.807, 2.05) is 13.8 Å². The third-order valence-electron chi connectivity index (χ3n) is 3.22. The van der Waals surface area contributed by atoms with Gasteiger partial charge >= 0.3 is 5.97 Å². The lowest BCUT2D eigenvalue weighted by Gasteiger charge is -2.25. The maximum Gasteiger partial charge on any atom is 0.304 e. The SMILES string of the molecule is CC(CC(=O)O)SC(C)C(=O)NC1CCCCC1. The molecule has 18 heavy (non-hydrogen) atoms. The minimum atomic E-state index is -0.810. The highest BCUT2D eigenvalue weighted by Crippen LogP contribution is 2.22. The van der Waals surface area contributed by atoms with Crippen LogP contribution in [0.2, 0.25) is 0 Å². The number of carbonyl (C=O) groups excluding carboxylic acids is 1. The Balaban J connectivity index is 2.29. The van der Waals surface area contributed by atoms with Crippen LogP contribution in [0.1, 0.15) is 52.4 Å². The molecule has 1 rings (SSSR count). The molecule has 5 heteroatoms. The van der Waals surface area contributed by atoms with Crippen LogP contribution in [0.3, 0.4) is 0 Å². The van der Waals surface area contributed by atoms with Gasteiger partial charge in [0.25, 0.3) is 0 Å². The van der Waals surface area contributed by atoms with Crippen molar-refractivity contribution in [2.75, 3.05) is 0 Å². The fourth-order valence-electron chi connectivity index (χ4n) is 2.27. The molecule has 104 valence electrons. The average molecular weight is 273 g/mol. The summed E-state index contributed by atoms with van der Waals surface area (Å²) in [6.07, 6.45) is 5.92. The standard InChI is InChI=1S/C13H23NO3S/c1-9(8-12(15)16)18-10(2)13(17)14-11-6-4-3-5-7-11/h9-11H,3-8H2,1-2H3,(H,14,17)(H,15,16). The molecule has 0 aromatic heterocycles. The van der Waals surface area contributed by atoms with Crippen LogP contribution in [-0.2, 0) is 9.59 Å². The number of carboxylic acids is 1. The van der Waals surface area contributed by atoms with Gasteiger partial charge in [0, 0.05) is 11.3 Å². The first-order chi connectivity index (χ1) is 8.49. The monoisotopic (exact) mass is 273 g/mol. The van der Waals surface area contributed by atoms with Gasteiger partial charge in [-0.15, -0.1) is 11.8 Å². The summed E-state index contributed by atoms with van der Waals surface area (Å²) in [4.78, 5) is 22.5. The second kappa shape index (κ2) is 7.67. The molecule has 0 aliphatic heterocycles. The second-order valence-electron chi connectivity index (χ2n) is 5.03. The number of thioether (sulfide) groups is 1. The summed E-state index contributed by atoms with van der Waals surface area (Å²) < 4.78 is 0. The zero-order valence-electron chi connectivity index (χ0n) is 11.1. The first-order valence-corrected chi connectivity index (χ1v) is 7.61. The molecule has 1 aliphatic rings. The molecule has 0 aromatic rings. The molecule has 1 saturated carbocycles. The molecular weight excluding hydrogens is 250 g/mol. The zero-order valence-corrected chi connectivity index (χ0v) is 12.0. The van der Waals surface area contributed by atoms with E-state index in [0.717, 1.165) is 12.8 Å². The van der Waals surface area contributed by atoms with E-state index in [1.54, 1.807) is 0 Å². The smallest absolute Gasteiger partial charge is 0.304 e. The van der Waals surface area contributed by atoms with E-state index in [2.05, 4.69) is 5.32 Å². The number of hydrogen-bond donors (Lipinski definition) is 2. The topological polar surface area (TPSA) is 66.4 Å². The van der Waals surface area contributed by atoms with Gasteiger partial charge in [-0.1, -0.05) is 26.2 Å². The van der Waals surface area contributed by atoms with Crippen molar-refractivity contribution < 1.29 is 14.7 Å². The molecule has 0 spiro atoms. The molecule has 1 fully saturated rings. The lowest BCUT2D eigenvalue weighted by Crippen LogP contribution is -2.40. The highest BCUT2D eigenvalue weighted by molar-refractivity contribution is 8.01. The third-order valence-corrected chi connectivity index (χ3v) is 4.47. The summed E-state index contributed by atoms with van der Waals surface area (Å²) in [7, 11) is 0. The van der Waals surface area contributed by atoms with E-state index >= 15 is 0 Å². The van der Waals surface area contributed by atoms with Crippen LogP contribution in [-0.4, -0.2) is 33.5 Å². The Morgan fingerprint density at radius 1 is 1.28 bits per heavy atom. The molecule has 0 bridgehead atoms. The van der Waals surface area contributed by atoms with E-state index in [9.17, 15) is 9.59 Å². The summed E-state index contributed by atoms with van der Waals surface area (Å²) in [5.74, 6) is -0.765. The maximum absolute atomic E-state index is 12.0. The van der Waals surface area contributed by atoms with Gasteiger partial charge in [0.15, 0.2) is 0 Å². The quantitative estimate of drug-likeness (QED) is 0.780. The highest BCUT2D eigenvalue weighted by Gasteiger charge is 2.22. The molecule has 0 heterocycles. The molecule has 4 nitrogen and oxygen atoms in total. The summed E-state index contributed by atoms with van der Waals surface area (Å²) >= 11 is 1.43. The molecule has 2 unspecified atom stereocenters. The van der Waals surface area contributed by atoms with Crippen molar-refractivity contribution in [2.24, 2.45) is 0 Å². The van der Waals surface area contributed by atoms with Gasteiger partial charge in [-0.3, -0.25) is 9.59 Å². The number of carboxylic acid groups (broad SMARTS) is 1. The number of hydrogen-bond acceptors (Lipinski definition) is 3. The second-order valence-corrected chi connectivity index (χ2v) is 6.81. The molecule has 1 amide bonds. The van der Waals surface area contributed by atoms with Crippen LogP contribution in [0.25, 0.3) is 0 Å². The van der Waals surface area contributed by atoms with Crippen molar-refractivity contribution in [3.8, 4) is 0 Å². The molecule has 2 N–H and O–H groups in total. The van der Waals surface area contributed by atoms with E-state index in [0.29, 0.717) is 6.04 Å². The number of rotatable bonds is 6. The Bertz CT molecular complexity index is 290. The molecule has 0 saturated heterocycles. The van der Waals surface area contributed by atoms with E-state index in [1.165, 1.54) is 31.0 Å². The van der Waals surface area contributed by atoms with Gasteiger partial charge in [-0.25, -0.2) is 0 Å². The number of carbonyl (C=O) groups is 2. The van der Waals surface area contributed by atoms with Gasteiger partial charge in [0.2, 0.25) is 5.91 Å². The van der Waals surface area contributed by atoms with E-state index in [4.69, 9.17) is 5.11 Å². The Hall–Kier alpha value is -0.710. The molecule has 0 radical (unpaired) electrons. The average Bonchev–Trinajstić information content (AvgIpc) is 2.28. The number of nitrogens with one attached hydrogen (secondary N) is 1. The van der Waals surface area contributed by atoms with Gasteiger partial charge in [0.05, 0.1) is 11.7 Å². The zero-order chi connectivity index (χ0) is 13.5. The fourth-order valence-corrected chi connectivity index (χ4v) is 3.40. The van der Waals surface area contributed by atoms with Crippen LogP contribution in [0.5, 0.6) is 0 Å². The third kappa shape index (κ3) is 5.76. The first kappa shape index (κ1) is 15.3. The Labute approximate surface area is 113 Å². The van der Waals surface area contributed by atoms with Crippen molar-refractivity contribution in [1.29, 1.82) is 0 Å².